The van der Waals surface area contributed by atoms with Gasteiger partial charge in [-0.15, -0.1) is 0 Å². The third kappa shape index (κ3) is 4.05. The van der Waals surface area contributed by atoms with E-state index in [1.807, 2.05) is 6.07 Å². The van der Waals surface area contributed by atoms with Crippen LogP contribution in [-0.4, -0.2) is 30.7 Å². The normalized spacial score (nSPS) is 24.0. The van der Waals surface area contributed by atoms with Gasteiger partial charge in [0, 0.05) is 13.0 Å². The third-order valence-corrected chi connectivity index (χ3v) is 3.64. The Bertz CT molecular complexity index is 413. The number of unbranched alkanes of at least 4 members (excludes halogenated alkanes) is 2. The van der Waals surface area contributed by atoms with Gasteiger partial charge in [-0.05, 0) is 31.9 Å². The number of nitriles is 1. The van der Waals surface area contributed by atoms with Crippen LogP contribution in [-0.2, 0) is 4.74 Å². The Kier molecular flexibility index (Phi) is 5.38. The van der Waals surface area contributed by atoms with Crippen LogP contribution in [0.5, 0.6) is 0 Å². The van der Waals surface area contributed by atoms with E-state index < -0.39 is 0 Å². The molecule has 1 aliphatic heterocycles. The molecule has 0 spiro atoms. The molecule has 0 radical (unpaired) electrons. The molecule has 1 aromatic carbocycles. The lowest BCUT2D eigenvalue weighted by molar-refractivity contribution is -0.0566. The van der Waals surface area contributed by atoms with Crippen LogP contribution in [0.15, 0.2) is 30.3 Å². The van der Waals surface area contributed by atoms with Gasteiger partial charge in [0.1, 0.15) is 0 Å². The molecule has 0 bridgehead atoms. The summed E-state index contributed by atoms with van der Waals surface area (Å²) in [5.41, 5.74) is 1.33. The zero-order valence-electron chi connectivity index (χ0n) is 11.6. The first-order valence-corrected chi connectivity index (χ1v) is 7.09. The minimum Gasteiger partial charge on any atom is -0.375 e. The Morgan fingerprint density at radius 3 is 2.84 bits per heavy atom. The topological polar surface area (TPSA) is 36.3 Å². The molecular weight excluding hydrogens is 236 g/mol. The first-order chi connectivity index (χ1) is 9.31. The number of benzene rings is 1. The van der Waals surface area contributed by atoms with E-state index in [-0.39, 0.29) is 0 Å². The van der Waals surface area contributed by atoms with Crippen molar-refractivity contribution in [2.75, 3.05) is 19.7 Å². The summed E-state index contributed by atoms with van der Waals surface area (Å²) in [4.78, 5) is 2.50. The molecular formula is C16H22N2O. The highest BCUT2D eigenvalue weighted by atomic mass is 16.5. The van der Waals surface area contributed by atoms with Crippen LogP contribution in [0, 0.1) is 11.3 Å². The number of ether oxygens (including phenoxy) is 1. The van der Waals surface area contributed by atoms with Gasteiger partial charge in [0.15, 0.2) is 0 Å². The van der Waals surface area contributed by atoms with Gasteiger partial charge in [0.25, 0.3) is 0 Å². The smallest absolute Gasteiger partial charge is 0.0675 e. The van der Waals surface area contributed by atoms with Gasteiger partial charge >= 0.3 is 0 Å². The summed E-state index contributed by atoms with van der Waals surface area (Å²) < 4.78 is 5.81. The summed E-state index contributed by atoms with van der Waals surface area (Å²) in [7, 11) is 0. The van der Waals surface area contributed by atoms with Crippen molar-refractivity contribution < 1.29 is 4.74 Å². The molecule has 19 heavy (non-hydrogen) atoms. The van der Waals surface area contributed by atoms with E-state index in [1.54, 1.807) is 0 Å². The lowest BCUT2D eigenvalue weighted by Gasteiger charge is -2.39. The fourth-order valence-electron chi connectivity index (χ4n) is 2.62. The highest BCUT2D eigenvalue weighted by Gasteiger charge is 2.27. The standard InChI is InChI=1S/C16H22N2O/c1-14-12-18(11-7-3-6-10-17)16(13-19-14)15-8-4-2-5-9-15/h2,4-5,8-9,14,16H,3,6-7,11-13H2,1H3. The molecule has 0 aliphatic carbocycles. The van der Waals surface area contributed by atoms with E-state index in [4.69, 9.17) is 10.00 Å². The number of hydrogen-bond acceptors (Lipinski definition) is 3. The van der Waals surface area contributed by atoms with E-state index in [0.717, 1.165) is 32.5 Å². The van der Waals surface area contributed by atoms with Crippen molar-refractivity contribution in [2.24, 2.45) is 0 Å². The summed E-state index contributed by atoms with van der Waals surface area (Å²) in [6, 6.07) is 13.1. The second-order valence-corrected chi connectivity index (χ2v) is 5.18. The molecule has 3 nitrogen and oxygen atoms in total. The zero-order chi connectivity index (χ0) is 13.5. The first kappa shape index (κ1) is 14.0. The number of nitrogens with zero attached hydrogens (tertiary/aromatic N) is 2. The number of rotatable bonds is 5. The van der Waals surface area contributed by atoms with Crippen molar-refractivity contribution in [1.82, 2.24) is 4.90 Å². The maximum atomic E-state index is 8.59. The van der Waals surface area contributed by atoms with Gasteiger partial charge in [0.2, 0.25) is 0 Å². The molecule has 2 atom stereocenters. The largest absolute Gasteiger partial charge is 0.375 e. The molecule has 1 aliphatic rings. The second kappa shape index (κ2) is 7.28. The third-order valence-electron chi connectivity index (χ3n) is 3.64. The summed E-state index contributed by atoms with van der Waals surface area (Å²) in [6.07, 6.45) is 3.04. The van der Waals surface area contributed by atoms with Crippen LogP contribution < -0.4 is 0 Å². The predicted molar refractivity (Wildman–Crippen MR) is 75.6 cm³/mol. The average Bonchev–Trinajstić information content (AvgIpc) is 2.45. The van der Waals surface area contributed by atoms with Crippen LogP contribution in [0.1, 0.15) is 37.8 Å². The first-order valence-electron chi connectivity index (χ1n) is 7.09. The van der Waals surface area contributed by atoms with Gasteiger partial charge in [-0.2, -0.15) is 5.26 Å². The van der Waals surface area contributed by atoms with Crippen LogP contribution in [0.2, 0.25) is 0 Å². The van der Waals surface area contributed by atoms with Crippen molar-refractivity contribution in [3.05, 3.63) is 35.9 Å². The lowest BCUT2D eigenvalue weighted by atomic mass is 10.0. The molecule has 1 saturated heterocycles. The fraction of sp³-hybridized carbons (Fsp3) is 0.562. The molecule has 0 saturated carbocycles. The molecule has 1 fully saturated rings. The molecule has 3 heteroatoms. The summed E-state index contributed by atoms with van der Waals surface area (Å²) in [5, 5.41) is 8.59. The molecule has 1 heterocycles. The summed E-state index contributed by atoms with van der Waals surface area (Å²) in [5.74, 6) is 0. The van der Waals surface area contributed by atoms with Crippen molar-refractivity contribution in [2.45, 2.75) is 38.3 Å². The number of morpholine rings is 1. The average molecular weight is 258 g/mol. The highest BCUT2D eigenvalue weighted by Crippen LogP contribution is 2.26. The van der Waals surface area contributed by atoms with Crippen LogP contribution in [0.4, 0.5) is 0 Å². The maximum Gasteiger partial charge on any atom is 0.0675 e. The van der Waals surface area contributed by atoms with Gasteiger partial charge < -0.3 is 4.74 Å². The Labute approximate surface area is 115 Å². The Morgan fingerprint density at radius 1 is 1.32 bits per heavy atom. The molecule has 102 valence electrons. The van der Waals surface area contributed by atoms with Gasteiger partial charge in [-0.3, -0.25) is 4.90 Å². The molecule has 1 aromatic rings. The predicted octanol–water partition coefficient (Wildman–Crippen LogP) is 3.14. The lowest BCUT2D eigenvalue weighted by Crippen LogP contribution is -2.43. The van der Waals surface area contributed by atoms with Crippen LogP contribution in [0.25, 0.3) is 0 Å². The van der Waals surface area contributed by atoms with Crippen LogP contribution in [0.3, 0.4) is 0 Å². The van der Waals surface area contributed by atoms with E-state index in [9.17, 15) is 0 Å². The van der Waals surface area contributed by atoms with E-state index in [0.29, 0.717) is 18.6 Å². The van der Waals surface area contributed by atoms with E-state index >= 15 is 0 Å². The van der Waals surface area contributed by atoms with Crippen molar-refractivity contribution in [3.63, 3.8) is 0 Å². The van der Waals surface area contributed by atoms with E-state index in [2.05, 4.69) is 42.2 Å². The van der Waals surface area contributed by atoms with E-state index in [1.165, 1.54) is 5.56 Å². The summed E-state index contributed by atoms with van der Waals surface area (Å²) in [6.45, 7) is 4.92. The number of hydrogen-bond donors (Lipinski definition) is 0. The van der Waals surface area contributed by atoms with Crippen LogP contribution >= 0.6 is 0 Å². The molecule has 2 unspecified atom stereocenters. The summed E-state index contributed by atoms with van der Waals surface area (Å²) >= 11 is 0. The van der Waals surface area contributed by atoms with Crippen molar-refractivity contribution >= 4 is 0 Å². The second-order valence-electron chi connectivity index (χ2n) is 5.18. The fourth-order valence-corrected chi connectivity index (χ4v) is 2.62. The SMILES string of the molecule is CC1CN(CCCCC#N)C(c2ccccc2)CO1. The van der Waals surface area contributed by atoms with Crippen molar-refractivity contribution in [3.8, 4) is 6.07 Å². The van der Waals surface area contributed by atoms with Gasteiger partial charge in [0.05, 0.1) is 24.8 Å². The minimum atomic E-state index is 0.302. The molecule has 0 amide bonds. The zero-order valence-corrected chi connectivity index (χ0v) is 11.6. The quantitative estimate of drug-likeness (QED) is 0.761. The van der Waals surface area contributed by atoms with Gasteiger partial charge in [-0.1, -0.05) is 30.3 Å². The molecule has 2 rings (SSSR count). The Hall–Kier alpha value is -1.37. The maximum absolute atomic E-state index is 8.59. The monoisotopic (exact) mass is 258 g/mol. The van der Waals surface area contributed by atoms with Crippen molar-refractivity contribution in [1.29, 1.82) is 5.26 Å². The minimum absolute atomic E-state index is 0.302. The van der Waals surface area contributed by atoms with Gasteiger partial charge in [-0.25, -0.2) is 0 Å². The highest BCUT2D eigenvalue weighted by molar-refractivity contribution is 5.19. The molecule has 0 aromatic heterocycles. The Morgan fingerprint density at radius 2 is 2.11 bits per heavy atom. The molecule has 0 N–H and O–H groups in total. The Balaban J connectivity index is 1.97.